The summed E-state index contributed by atoms with van der Waals surface area (Å²) < 4.78 is 11.1. The van der Waals surface area contributed by atoms with Gasteiger partial charge < -0.3 is 19.9 Å². The molecule has 10 heteroatoms. The van der Waals surface area contributed by atoms with Crippen LogP contribution in [-0.2, 0) is 27.4 Å². The van der Waals surface area contributed by atoms with Gasteiger partial charge >= 0.3 is 0 Å². The summed E-state index contributed by atoms with van der Waals surface area (Å²) in [6.45, 7) is 7.87. The molecule has 0 aromatic heterocycles. The van der Waals surface area contributed by atoms with Crippen LogP contribution in [0, 0.1) is 5.92 Å². The molecule has 3 aromatic rings. The van der Waals surface area contributed by atoms with E-state index in [-0.39, 0.29) is 24.7 Å². The second-order valence-corrected chi connectivity index (χ2v) is 13.2. The number of rotatable bonds is 8. The second kappa shape index (κ2) is 14.1. The molecule has 0 unspecified atom stereocenters. The molecule has 224 valence electrons. The van der Waals surface area contributed by atoms with Crippen LogP contribution in [0.1, 0.15) is 41.6 Å². The largest absolute Gasteiger partial charge is 0.392 e. The molecular weight excluding hydrogens is 597 g/mol. The van der Waals surface area contributed by atoms with Crippen LogP contribution >= 0.6 is 34.8 Å². The van der Waals surface area contributed by atoms with Crippen LogP contribution in [0.2, 0.25) is 0 Å². The molecule has 0 aliphatic carbocycles. The summed E-state index contributed by atoms with van der Waals surface area (Å²) >= 11 is 17.1. The van der Waals surface area contributed by atoms with Gasteiger partial charge in [-0.15, -0.1) is 0 Å². The minimum absolute atomic E-state index is 0.00681. The van der Waals surface area contributed by atoms with Gasteiger partial charge in [0.15, 0.2) is 6.29 Å². The number of benzene rings is 3. The molecule has 0 radical (unpaired) electrons. The Morgan fingerprint density at radius 3 is 2.10 bits per heavy atom. The number of hydrogen-bond donors (Lipinski definition) is 2. The van der Waals surface area contributed by atoms with E-state index >= 15 is 0 Å². The van der Waals surface area contributed by atoms with E-state index in [2.05, 4.69) is 52.4 Å². The predicted molar refractivity (Wildman–Crippen MR) is 166 cm³/mol. The van der Waals surface area contributed by atoms with Crippen molar-refractivity contribution in [3.8, 4) is 0 Å². The summed E-state index contributed by atoms with van der Waals surface area (Å²) in [7, 11) is 0. The van der Waals surface area contributed by atoms with Crippen molar-refractivity contribution >= 4 is 46.4 Å². The Labute approximate surface area is 262 Å². The fourth-order valence-corrected chi connectivity index (χ4v) is 5.62. The SMILES string of the molecule is C[C@@H]1[C@H](CN2CCN(Cc3ccccc3)CC2)O[C@H](c2ccc(NC(=O)C(Cl)(Cl)Cl)cc2)O[C@@H]1c1ccc(CO)cc1. The highest BCUT2D eigenvalue weighted by molar-refractivity contribution is 6.76. The number of ether oxygens (including phenoxy) is 2. The molecule has 2 aliphatic heterocycles. The number of carbonyl (C=O) groups is 1. The maximum absolute atomic E-state index is 12.1. The molecule has 2 heterocycles. The number of halogens is 3. The highest BCUT2D eigenvalue weighted by Crippen LogP contribution is 2.42. The summed E-state index contributed by atoms with van der Waals surface area (Å²) in [5.74, 6) is -0.638. The molecule has 5 rings (SSSR count). The Morgan fingerprint density at radius 1 is 0.857 bits per heavy atom. The third-order valence-corrected chi connectivity index (χ3v) is 8.49. The van der Waals surface area contributed by atoms with E-state index in [1.165, 1.54) is 5.56 Å². The lowest BCUT2D eigenvalue weighted by molar-refractivity contribution is -0.276. The Bertz CT molecular complexity index is 1300. The van der Waals surface area contributed by atoms with Gasteiger partial charge in [-0.25, -0.2) is 0 Å². The normalized spacial score (nSPS) is 23.9. The Balaban J connectivity index is 1.28. The maximum atomic E-state index is 12.1. The van der Waals surface area contributed by atoms with Crippen molar-refractivity contribution in [2.45, 2.75) is 42.4 Å². The van der Waals surface area contributed by atoms with E-state index in [0.717, 1.165) is 56.0 Å². The first-order valence-corrected chi connectivity index (χ1v) is 15.3. The fraction of sp³-hybridized carbons (Fsp3) is 0.406. The molecule has 0 spiro atoms. The van der Waals surface area contributed by atoms with E-state index < -0.39 is 16.0 Å². The van der Waals surface area contributed by atoms with Gasteiger partial charge in [0.1, 0.15) is 0 Å². The lowest BCUT2D eigenvalue weighted by Crippen LogP contribution is -2.51. The number of piperazine rings is 1. The molecule has 2 saturated heterocycles. The van der Waals surface area contributed by atoms with Crippen molar-refractivity contribution in [3.05, 3.63) is 101 Å². The van der Waals surface area contributed by atoms with Crippen molar-refractivity contribution in [1.29, 1.82) is 0 Å². The number of anilines is 1. The number of alkyl halides is 3. The first-order chi connectivity index (χ1) is 20.2. The van der Waals surface area contributed by atoms with Gasteiger partial charge in [-0.3, -0.25) is 14.6 Å². The van der Waals surface area contributed by atoms with Gasteiger partial charge in [0, 0.05) is 56.4 Å². The van der Waals surface area contributed by atoms with Crippen LogP contribution in [0.5, 0.6) is 0 Å². The smallest absolute Gasteiger partial charge is 0.276 e. The lowest BCUT2D eigenvalue weighted by Gasteiger charge is -2.44. The van der Waals surface area contributed by atoms with Gasteiger partial charge in [-0.05, 0) is 28.8 Å². The van der Waals surface area contributed by atoms with Crippen molar-refractivity contribution in [2.24, 2.45) is 5.92 Å². The van der Waals surface area contributed by atoms with Crippen LogP contribution in [-0.4, -0.2) is 63.4 Å². The summed E-state index contributed by atoms with van der Waals surface area (Å²) in [4.78, 5) is 17.0. The van der Waals surface area contributed by atoms with Crippen molar-refractivity contribution in [3.63, 3.8) is 0 Å². The zero-order valence-electron chi connectivity index (χ0n) is 23.5. The number of nitrogens with zero attached hydrogens (tertiary/aromatic N) is 2. The van der Waals surface area contributed by atoms with Crippen LogP contribution in [0.15, 0.2) is 78.9 Å². The van der Waals surface area contributed by atoms with Crippen molar-refractivity contribution < 1.29 is 19.4 Å². The number of aliphatic hydroxyl groups excluding tert-OH is 1. The predicted octanol–water partition coefficient (Wildman–Crippen LogP) is 6.10. The first kappa shape index (κ1) is 31.2. The minimum Gasteiger partial charge on any atom is -0.392 e. The van der Waals surface area contributed by atoms with Gasteiger partial charge in [-0.1, -0.05) is 108 Å². The summed E-state index contributed by atoms with van der Waals surface area (Å²) in [6.07, 6.45) is -0.883. The van der Waals surface area contributed by atoms with Crippen LogP contribution in [0.4, 0.5) is 5.69 Å². The van der Waals surface area contributed by atoms with Gasteiger partial charge in [-0.2, -0.15) is 0 Å². The number of nitrogens with one attached hydrogen (secondary N) is 1. The Morgan fingerprint density at radius 2 is 1.48 bits per heavy atom. The summed E-state index contributed by atoms with van der Waals surface area (Å²) in [6, 6.07) is 25.7. The minimum atomic E-state index is -2.05. The van der Waals surface area contributed by atoms with Crippen molar-refractivity contribution in [2.75, 3.05) is 38.0 Å². The van der Waals surface area contributed by atoms with Gasteiger partial charge in [0.05, 0.1) is 18.8 Å². The molecule has 2 aliphatic rings. The highest BCUT2D eigenvalue weighted by atomic mass is 35.6. The Hall–Kier alpha value is -2.20. The lowest BCUT2D eigenvalue weighted by atomic mass is 9.90. The summed E-state index contributed by atoms with van der Waals surface area (Å²) in [5, 5.41) is 12.1. The standard InChI is InChI=1S/C32H36Cl3N3O4/c1-22-28(20-38-17-15-37(16-18-38)19-23-5-3-2-4-6-23)41-30(42-29(22)25-9-7-24(21-39)8-10-25)26-11-13-27(14-12-26)36-31(40)32(33,34)35/h2-14,22,28-30,39H,15-21H2,1H3,(H,36,40)/t22-,28+,29+,30+/m1/s1. The van der Waals surface area contributed by atoms with Crippen LogP contribution in [0.25, 0.3) is 0 Å². The number of amides is 1. The molecule has 2 N–H and O–H groups in total. The number of aliphatic hydroxyl groups is 1. The molecule has 42 heavy (non-hydrogen) atoms. The van der Waals surface area contributed by atoms with E-state index in [4.69, 9.17) is 44.3 Å². The van der Waals surface area contributed by atoms with E-state index in [0.29, 0.717) is 5.69 Å². The summed E-state index contributed by atoms with van der Waals surface area (Å²) in [5.41, 5.74) is 4.55. The van der Waals surface area contributed by atoms with Crippen LogP contribution in [0.3, 0.4) is 0 Å². The van der Waals surface area contributed by atoms with Gasteiger partial charge in [0.2, 0.25) is 0 Å². The molecule has 4 atom stereocenters. The fourth-order valence-electron chi connectivity index (χ4n) is 5.48. The van der Waals surface area contributed by atoms with Gasteiger partial charge in [0.25, 0.3) is 9.70 Å². The molecule has 0 bridgehead atoms. The zero-order chi connectivity index (χ0) is 29.7. The Kier molecular flexibility index (Phi) is 10.5. The first-order valence-electron chi connectivity index (χ1n) is 14.2. The van der Waals surface area contributed by atoms with Crippen LogP contribution < -0.4 is 5.32 Å². The van der Waals surface area contributed by atoms with E-state index in [1.807, 2.05) is 36.4 Å². The molecule has 7 nitrogen and oxygen atoms in total. The third kappa shape index (κ3) is 8.04. The average molecular weight is 633 g/mol. The molecular formula is C32H36Cl3N3O4. The maximum Gasteiger partial charge on any atom is 0.276 e. The second-order valence-electron chi connectivity index (χ2n) is 11.0. The number of hydrogen-bond acceptors (Lipinski definition) is 6. The highest BCUT2D eigenvalue weighted by Gasteiger charge is 2.39. The van der Waals surface area contributed by atoms with Crippen molar-refractivity contribution in [1.82, 2.24) is 9.80 Å². The van der Waals surface area contributed by atoms with E-state index in [9.17, 15) is 9.90 Å². The number of carbonyl (C=O) groups excluding carboxylic acids is 1. The molecule has 0 saturated carbocycles. The quantitative estimate of drug-likeness (QED) is 0.293. The van der Waals surface area contributed by atoms with E-state index in [1.54, 1.807) is 12.1 Å². The molecule has 1 amide bonds. The topological polar surface area (TPSA) is 74.3 Å². The monoisotopic (exact) mass is 631 g/mol. The average Bonchev–Trinajstić information content (AvgIpc) is 3.00. The zero-order valence-corrected chi connectivity index (χ0v) is 25.7. The third-order valence-electron chi connectivity index (χ3n) is 7.97. The molecule has 3 aromatic carbocycles. The molecule has 2 fully saturated rings.